The lowest BCUT2D eigenvalue weighted by atomic mass is 9.95. The molecule has 0 aliphatic carbocycles. The molecule has 0 aromatic heterocycles. The summed E-state index contributed by atoms with van der Waals surface area (Å²) in [6.45, 7) is 6.86. The number of hydrogen-bond acceptors (Lipinski definition) is 3. The molecule has 2 aromatic carbocycles. The van der Waals surface area contributed by atoms with Gasteiger partial charge in [-0.25, -0.2) is 0 Å². The van der Waals surface area contributed by atoms with Crippen LogP contribution in [0.2, 0.25) is 0 Å². The Morgan fingerprint density at radius 2 is 1.68 bits per heavy atom. The summed E-state index contributed by atoms with van der Waals surface area (Å²) in [6.07, 6.45) is 0.309. The minimum absolute atomic E-state index is 0.00325. The van der Waals surface area contributed by atoms with Crippen LogP contribution in [0.3, 0.4) is 0 Å². The lowest BCUT2D eigenvalue weighted by Gasteiger charge is -2.22. The molecule has 0 fully saturated rings. The van der Waals surface area contributed by atoms with Gasteiger partial charge in [-0.05, 0) is 29.7 Å². The molecule has 0 radical (unpaired) electrons. The van der Waals surface area contributed by atoms with E-state index >= 15 is 0 Å². The number of hydrogen-bond donors (Lipinski definition) is 3. The molecule has 0 aliphatic rings. The maximum Gasteiger partial charge on any atom is 0.308 e. The average molecular weight is 384 g/mol. The molecule has 0 saturated carbocycles. The van der Waals surface area contributed by atoms with Gasteiger partial charge in [-0.3, -0.25) is 14.4 Å². The van der Waals surface area contributed by atoms with Gasteiger partial charge >= 0.3 is 5.97 Å². The molecule has 0 saturated heterocycles. The number of benzene rings is 2. The molecule has 0 spiro atoms. The van der Waals surface area contributed by atoms with Gasteiger partial charge in [-0.2, -0.15) is 0 Å². The van der Waals surface area contributed by atoms with Gasteiger partial charge in [0.1, 0.15) is 6.04 Å². The van der Waals surface area contributed by atoms with Crippen molar-refractivity contribution in [3.05, 3.63) is 48.0 Å². The molecule has 2 aromatic rings. The highest BCUT2D eigenvalue weighted by Gasteiger charge is 2.26. The number of aliphatic carboxylic acids is 1. The second kappa shape index (κ2) is 8.87. The second-order valence-corrected chi connectivity index (χ2v) is 8.11. The molecule has 6 heteroatoms. The molecule has 2 rings (SSSR count). The van der Waals surface area contributed by atoms with Crippen LogP contribution >= 0.6 is 0 Å². The largest absolute Gasteiger partial charge is 0.481 e. The van der Waals surface area contributed by atoms with Gasteiger partial charge in [0.15, 0.2) is 0 Å². The fourth-order valence-electron chi connectivity index (χ4n) is 2.75. The average Bonchev–Trinajstić information content (AvgIpc) is 2.63. The highest BCUT2D eigenvalue weighted by molar-refractivity contribution is 5.89. The molecule has 2 atom stereocenters. The van der Waals surface area contributed by atoms with E-state index in [1.165, 1.54) is 0 Å². The van der Waals surface area contributed by atoms with Gasteiger partial charge in [0.25, 0.3) is 0 Å². The van der Waals surface area contributed by atoms with Crippen molar-refractivity contribution in [2.45, 2.75) is 40.2 Å². The van der Waals surface area contributed by atoms with Crippen molar-refractivity contribution in [2.24, 2.45) is 11.3 Å². The summed E-state index contributed by atoms with van der Waals surface area (Å²) in [7, 11) is 0. The van der Waals surface area contributed by atoms with E-state index in [4.69, 9.17) is 0 Å². The molecule has 2 amide bonds. The fourth-order valence-corrected chi connectivity index (χ4v) is 2.75. The van der Waals surface area contributed by atoms with Crippen LogP contribution in [0.5, 0.6) is 0 Å². The molecule has 28 heavy (non-hydrogen) atoms. The minimum atomic E-state index is -0.972. The van der Waals surface area contributed by atoms with Crippen LogP contribution in [-0.4, -0.2) is 35.5 Å². The van der Waals surface area contributed by atoms with Crippen LogP contribution in [0.25, 0.3) is 10.8 Å². The number of carboxylic acid groups (broad SMARTS) is 1. The number of carboxylic acids is 1. The number of nitrogens with one attached hydrogen (secondary N) is 2. The van der Waals surface area contributed by atoms with Crippen molar-refractivity contribution in [1.82, 2.24) is 10.6 Å². The Morgan fingerprint density at radius 1 is 1.04 bits per heavy atom. The van der Waals surface area contributed by atoms with Crippen LogP contribution in [0.1, 0.15) is 33.3 Å². The van der Waals surface area contributed by atoms with Crippen molar-refractivity contribution < 1.29 is 19.5 Å². The number of carbonyl (C=O) groups is 3. The Kier molecular flexibility index (Phi) is 6.78. The van der Waals surface area contributed by atoms with E-state index < -0.39 is 29.3 Å². The molecule has 0 aliphatic heterocycles. The molecule has 6 nitrogen and oxygen atoms in total. The van der Waals surface area contributed by atoms with Crippen LogP contribution in [-0.2, 0) is 20.8 Å². The molecule has 3 N–H and O–H groups in total. The quantitative estimate of drug-likeness (QED) is 0.684. The highest BCUT2D eigenvalue weighted by Crippen LogP contribution is 2.18. The molecular formula is C22H28N2O4. The smallest absolute Gasteiger partial charge is 0.308 e. The minimum Gasteiger partial charge on any atom is -0.481 e. The van der Waals surface area contributed by atoms with Gasteiger partial charge < -0.3 is 15.7 Å². The third-order valence-corrected chi connectivity index (χ3v) is 4.59. The Labute approximate surface area is 165 Å². The molecular weight excluding hydrogens is 356 g/mol. The monoisotopic (exact) mass is 384 g/mol. The van der Waals surface area contributed by atoms with E-state index in [0.717, 1.165) is 16.3 Å². The second-order valence-electron chi connectivity index (χ2n) is 8.11. The first-order valence-corrected chi connectivity index (χ1v) is 9.37. The van der Waals surface area contributed by atoms with E-state index in [1.807, 2.05) is 42.5 Å². The number of carbonyl (C=O) groups excluding carboxylic acids is 2. The highest BCUT2D eigenvalue weighted by atomic mass is 16.4. The standard InChI is InChI=1S/C22H28N2O4/c1-14(24-21(28)22(2,3)4)19(25)23-13-18(20(26)27)12-15-9-10-16-7-5-6-8-17(16)11-15/h5-11,14,18H,12-13H2,1-4H3,(H,23,25)(H,24,28)(H,26,27). The van der Waals surface area contributed by atoms with Gasteiger partial charge in [0.2, 0.25) is 11.8 Å². The van der Waals surface area contributed by atoms with Gasteiger partial charge in [0, 0.05) is 12.0 Å². The van der Waals surface area contributed by atoms with Crippen LogP contribution < -0.4 is 10.6 Å². The van der Waals surface area contributed by atoms with E-state index in [-0.39, 0.29) is 12.5 Å². The van der Waals surface area contributed by atoms with Crippen molar-refractivity contribution in [3.63, 3.8) is 0 Å². The summed E-state index contributed by atoms with van der Waals surface area (Å²) < 4.78 is 0. The zero-order chi connectivity index (χ0) is 20.9. The first kappa shape index (κ1) is 21.4. The van der Waals surface area contributed by atoms with Crippen molar-refractivity contribution in [1.29, 1.82) is 0 Å². The lowest BCUT2D eigenvalue weighted by Crippen LogP contribution is -2.49. The van der Waals surface area contributed by atoms with E-state index in [1.54, 1.807) is 27.7 Å². The van der Waals surface area contributed by atoms with Crippen LogP contribution in [0.15, 0.2) is 42.5 Å². The van der Waals surface area contributed by atoms with Crippen molar-refractivity contribution in [3.8, 4) is 0 Å². The summed E-state index contributed by atoms with van der Waals surface area (Å²) in [5.74, 6) is -2.36. The first-order chi connectivity index (χ1) is 13.1. The molecule has 150 valence electrons. The van der Waals surface area contributed by atoms with E-state index in [9.17, 15) is 19.5 Å². The normalized spacial score (nSPS) is 13.6. The summed E-state index contributed by atoms with van der Waals surface area (Å²) in [4.78, 5) is 35.9. The lowest BCUT2D eigenvalue weighted by molar-refractivity contribution is -0.142. The number of amides is 2. The third kappa shape index (κ3) is 5.81. The van der Waals surface area contributed by atoms with E-state index in [0.29, 0.717) is 6.42 Å². The van der Waals surface area contributed by atoms with Gasteiger partial charge in [-0.15, -0.1) is 0 Å². The zero-order valence-electron chi connectivity index (χ0n) is 16.8. The SMILES string of the molecule is CC(NC(=O)C(C)(C)C)C(=O)NCC(Cc1ccc2ccccc2c1)C(=O)O. The summed E-state index contributed by atoms with van der Waals surface area (Å²) >= 11 is 0. The number of fused-ring (bicyclic) bond motifs is 1. The number of rotatable bonds is 7. The molecule has 2 unspecified atom stereocenters. The Morgan fingerprint density at radius 3 is 2.29 bits per heavy atom. The Bertz CT molecular complexity index is 870. The molecule has 0 bridgehead atoms. The topological polar surface area (TPSA) is 95.5 Å². The maximum absolute atomic E-state index is 12.2. The summed E-state index contributed by atoms with van der Waals surface area (Å²) in [5, 5.41) is 17.0. The maximum atomic E-state index is 12.2. The van der Waals surface area contributed by atoms with Gasteiger partial charge in [-0.1, -0.05) is 63.2 Å². The van der Waals surface area contributed by atoms with Gasteiger partial charge in [0.05, 0.1) is 5.92 Å². The first-order valence-electron chi connectivity index (χ1n) is 9.37. The Hall–Kier alpha value is -2.89. The predicted molar refractivity (Wildman–Crippen MR) is 109 cm³/mol. The van der Waals surface area contributed by atoms with Crippen molar-refractivity contribution >= 4 is 28.6 Å². The van der Waals surface area contributed by atoms with Crippen molar-refractivity contribution in [2.75, 3.05) is 6.54 Å². The van der Waals surface area contributed by atoms with Crippen LogP contribution in [0, 0.1) is 11.3 Å². The molecule has 0 heterocycles. The summed E-state index contributed by atoms with van der Waals surface area (Å²) in [6, 6.07) is 13.0. The zero-order valence-corrected chi connectivity index (χ0v) is 16.8. The van der Waals surface area contributed by atoms with E-state index in [2.05, 4.69) is 10.6 Å². The van der Waals surface area contributed by atoms with Crippen LogP contribution in [0.4, 0.5) is 0 Å². The summed E-state index contributed by atoms with van der Waals surface area (Å²) in [5.41, 5.74) is 0.295. The fraction of sp³-hybridized carbons (Fsp3) is 0.409. The Balaban J connectivity index is 1.97. The third-order valence-electron chi connectivity index (χ3n) is 4.59. The predicted octanol–water partition coefficient (Wildman–Crippen LogP) is 2.75.